The molecule has 1 aromatic rings. The first-order valence-corrected chi connectivity index (χ1v) is 7.38. The molecule has 1 aromatic carbocycles. The Morgan fingerprint density at radius 2 is 2.35 bits per heavy atom. The van der Waals surface area contributed by atoms with Gasteiger partial charge in [0.2, 0.25) is 0 Å². The Labute approximate surface area is 121 Å². The van der Waals surface area contributed by atoms with E-state index < -0.39 is 0 Å². The third-order valence-corrected chi connectivity index (χ3v) is 3.69. The second-order valence-corrected chi connectivity index (χ2v) is 5.25. The van der Waals surface area contributed by atoms with E-state index in [0.717, 1.165) is 50.2 Å². The molecule has 1 atom stereocenters. The van der Waals surface area contributed by atoms with Crippen LogP contribution in [0.25, 0.3) is 0 Å². The molecule has 0 amide bonds. The first kappa shape index (κ1) is 14.8. The summed E-state index contributed by atoms with van der Waals surface area (Å²) in [5.41, 5.74) is 8.36. The minimum Gasteiger partial charge on any atom is -0.376 e. The second-order valence-electron chi connectivity index (χ2n) is 5.25. The van der Waals surface area contributed by atoms with Crippen LogP contribution in [0.3, 0.4) is 0 Å². The molecule has 108 valence electrons. The zero-order valence-corrected chi connectivity index (χ0v) is 12.1. The van der Waals surface area contributed by atoms with Crippen LogP contribution in [0.15, 0.2) is 18.2 Å². The van der Waals surface area contributed by atoms with Crippen molar-refractivity contribution in [2.75, 3.05) is 24.6 Å². The maximum absolute atomic E-state index is 9.33. The number of ether oxygens (including phenoxy) is 1. The number of nitrogens with two attached hydrogens (primary N) is 1. The van der Waals surface area contributed by atoms with Gasteiger partial charge in [0.15, 0.2) is 0 Å². The molecule has 1 heterocycles. The zero-order valence-electron chi connectivity index (χ0n) is 12.1. The summed E-state index contributed by atoms with van der Waals surface area (Å²) in [5.74, 6) is 0. The molecular formula is C16H23N3O. The summed E-state index contributed by atoms with van der Waals surface area (Å²) in [6, 6.07) is 8.21. The molecule has 0 saturated carbocycles. The Morgan fingerprint density at radius 1 is 1.50 bits per heavy atom. The third kappa shape index (κ3) is 3.50. The monoisotopic (exact) mass is 273 g/mol. The van der Waals surface area contributed by atoms with Crippen molar-refractivity contribution < 1.29 is 4.74 Å². The van der Waals surface area contributed by atoms with Crippen molar-refractivity contribution in [3.63, 3.8) is 0 Å². The van der Waals surface area contributed by atoms with Crippen LogP contribution in [0.1, 0.15) is 37.3 Å². The van der Waals surface area contributed by atoms with E-state index in [1.165, 1.54) is 0 Å². The molecule has 1 unspecified atom stereocenters. The van der Waals surface area contributed by atoms with Gasteiger partial charge < -0.3 is 15.4 Å². The summed E-state index contributed by atoms with van der Waals surface area (Å²) < 4.78 is 5.86. The lowest BCUT2D eigenvalue weighted by Crippen LogP contribution is -2.40. The maximum Gasteiger partial charge on any atom is 0.101 e. The van der Waals surface area contributed by atoms with E-state index >= 15 is 0 Å². The quantitative estimate of drug-likeness (QED) is 0.895. The van der Waals surface area contributed by atoms with Gasteiger partial charge in [-0.3, -0.25) is 0 Å². The fourth-order valence-corrected chi connectivity index (χ4v) is 2.65. The predicted octanol–water partition coefficient (Wildman–Crippen LogP) is 2.41. The summed E-state index contributed by atoms with van der Waals surface area (Å²) in [6.07, 6.45) is 3.55. The molecule has 0 radical (unpaired) electrons. The molecule has 0 aliphatic carbocycles. The molecule has 0 bridgehead atoms. The number of piperidine rings is 1. The van der Waals surface area contributed by atoms with E-state index in [2.05, 4.69) is 17.9 Å². The number of anilines is 1. The van der Waals surface area contributed by atoms with Crippen LogP contribution >= 0.6 is 0 Å². The highest BCUT2D eigenvalue weighted by molar-refractivity contribution is 5.60. The van der Waals surface area contributed by atoms with Crippen molar-refractivity contribution in [1.29, 1.82) is 5.26 Å². The smallest absolute Gasteiger partial charge is 0.101 e. The lowest BCUT2D eigenvalue weighted by molar-refractivity contribution is 0.0440. The van der Waals surface area contributed by atoms with Gasteiger partial charge in [0.25, 0.3) is 0 Å². The molecule has 0 spiro atoms. The predicted molar refractivity (Wildman–Crippen MR) is 80.5 cm³/mol. The van der Waals surface area contributed by atoms with Gasteiger partial charge in [-0.05, 0) is 37.0 Å². The number of nitriles is 1. The van der Waals surface area contributed by atoms with Gasteiger partial charge in [-0.15, -0.1) is 0 Å². The zero-order chi connectivity index (χ0) is 14.4. The number of hydrogen-bond acceptors (Lipinski definition) is 4. The van der Waals surface area contributed by atoms with Crippen LogP contribution in [-0.4, -0.2) is 25.8 Å². The Hall–Kier alpha value is -1.57. The van der Waals surface area contributed by atoms with E-state index in [1.54, 1.807) is 0 Å². The van der Waals surface area contributed by atoms with Crippen molar-refractivity contribution in [2.45, 2.75) is 38.8 Å². The molecule has 4 nitrogen and oxygen atoms in total. The Bertz CT molecular complexity index is 481. The van der Waals surface area contributed by atoms with Crippen molar-refractivity contribution in [3.8, 4) is 6.07 Å². The lowest BCUT2D eigenvalue weighted by atomic mass is 10.0. The number of hydrogen-bond donors (Lipinski definition) is 1. The van der Waals surface area contributed by atoms with E-state index in [4.69, 9.17) is 10.5 Å². The molecule has 1 aliphatic rings. The fraction of sp³-hybridized carbons (Fsp3) is 0.562. The summed E-state index contributed by atoms with van der Waals surface area (Å²) in [6.45, 7) is 5.27. The summed E-state index contributed by atoms with van der Waals surface area (Å²) in [7, 11) is 0. The molecule has 2 rings (SSSR count). The SMILES string of the molecule is CCCOC1CCCN(c2ccc(CN)cc2C#N)C1. The molecule has 0 aromatic heterocycles. The first-order chi connectivity index (χ1) is 9.78. The van der Waals surface area contributed by atoms with E-state index in [9.17, 15) is 5.26 Å². The molecule has 1 saturated heterocycles. The standard InChI is InChI=1S/C16H23N3O/c1-2-8-20-15-4-3-7-19(12-15)16-6-5-13(10-17)9-14(16)11-18/h5-6,9,15H,2-4,7-8,10,12,17H2,1H3. The Kier molecular flexibility index (Phi) is 5.40. The fourth-order valence-electron chi connectivity index (χ4n) is 2.65. The maximum atomic E-state index is 9.33. The number of rotatable bonds is 5. The Morgan fingerprint density at radius 3 is 3.05 bits per heavy atom. The van der Waals surface area contributed by atoms with Gasteiger partial charge in [0.05, 0.1) is 17.4 Å². The minimum absolute atomic E-state index is 0.282. The van der Waals surface area contributed by atoms with E-state index in [0.29, 0.717) is 12.1 Å². The molecular weight excluding hydrogens is 250 g/mol. The largest absolute Gasteiger partial charge is 0.376 e. The van der Waals surface area contributed by atoms with Gasteiger partial charge in [0.1, 0.15) is 6.07 Å². The minimum atomic E-state index is 0.282. The first-order valence-electron chi connectivity index (χ1n) is 7.38. The molecule has 4 heteroatoms. The van der Waals surface area contributed by atoms with Gasteiger partial charge in [-0.1, -0.05) is 13.0 Å². The number of nitrogens with zero attached hydrogens (tertiary/aromatic N) is 2. The Balaban J connectivity index is 2.12. The number of benzene rings is 1. The van der Waals surface area contributed by atoms with Crippen molar-refractivity contribution in [1.82, 2.24) is 0 Å². The highest BCUT2D eigenvalue weighted by atomic mass is 16.5. The van der Waals surface area contributed by atoms with Crippen LogP contribution in [-0.2, 0) is 11.3 Å². The van der Waals surface area contributed by atoms with E-state index in [-0.39, 0.29) is 6.10 Å². The summed E-state index contributed by atoms with van der Waals surface area (Å²) >= 11 is 0. The lowest BCUT2D eigenvalue weighted by Gasteiger charge is -2.34. The van der Waals surface area contributed by atoms with Crippen molar-refractivity contribution in [2.24, 2.45) is 5.73 Å². The van der Waals surface area contributed by atoms with Crippen molar-refractivity contribution in [3.05, 3.63) is 29.3 Å². The van der Waals surface area contributed by atoms with Gasteiger partial charge in [-0.2, -0.15) is 5.26 Å². The van der Waals surface area contributed by atoms with Crippen LogP contribution in [0.2, 0.25) is 0 Å². The highest BCUT2D eigenvalue weighted by Gasteiger charge is 2.22. The summed E-state index contributed by atoms with van der Waals surface area (Å²) in [4.78, 5) is 2.27. The molecule has 1 aliphatic heterocycles. The molecule has 1 fully saturated rings. The van der Waals surface area contributed by atoms with Crippen LogP contribution in [0.5, 0.6) is 0 Å². The van der Waals surface area contributed by atoms with Crippen molar-refractivity contribution >= 4 is 5.69 Å². The van der Waals surface area contributed by atoms with E-state index in [1.807, 2.05) is 18.2 Å². The molecule has 20 heavy (non-hydrogen) atoms. The van der Waals surface area contributed by atoms with Crippen LogP contribution in [0, 0.1) is 11.3 Å². The van der Waals surface area contributed by atoms with Gasteiger partial charge in [-0.25, -0.2) is 0 Å². The topological polar surface area (TPSA) is 62.3 Å². The second kappa shape index (κ2) is 7.28. The van der Waals surface area contributed by atoms with Gasteiger partial charge >= 0.3 is 0 Å². The average Bonchev–Trinajstić information content (AvgIpc) is 2.52. The third-order valence-electron chi connectivity index (χ3n) is 3.69. The summed E-state index contributed by atoms with van der Waals surface area (Å²) in [5, 5.41) is 9.33. The van der Waals surface area contributed by atoms with Crippen LogP contribution in [0.4, 0.5) is 5.69 Å². The van der Waals surface area contributed by atoms with Crippen LogP contribution < -0.4 is 10.6 Å². The average molecular weight is 273 g/mol. The highest BCUT2D eigenvalue weighted by Crippen LogP contribution is 2.25. The normalized spacial score (nSPS) is 18.9. The molecule has 2 N–H and O–H groups in total. The van der Waals surface area contributed by atoms with Gasteiger partial charge in [0, 0.05) is 26.2 Å².